The van der Waals surface area contributed by atoms with Gasteiger partial charge in [0.15, 0.2) is 5.82 Å². The third-order valence-corrected chi connectivity index (χ3v) is 3.20. The van der Waals surface area contributed by atoms with E-state index in [2.05, 4.69) is 9.97 Å². The number of nitrogens with zero attached hydrogens (tertiary/aromatic N) is 3. The minimum Gasteiger partial charge on any atom is -0.449 e. The molecule has 20 heavy (non-hydrogen) atoms. The van der Waals surface area contributed by atoms with Crippen molar-refractivity contribution in [2.75, 3.05) is 5.73 Å². The summed E-state index contributed by atoms with van der Waals surface area (Å²) >= 11 is 0. The van der Waals surface area contributed by atoms with E-state index in [4.69, 9.17) is 10.8 Å². The molecule has 5 nitrogen and oxygen atoms in total. The Morgan fingerprint density at radius 3 is 2.70 bits per heavy atom. The Morgan fingerprint density at radius 1 is 1.25 bits per heavy atom. The molecule has 100 valence electrons. The standard InChI is InChI=1S/C13H12BFN4O/c15-10-6-19(13-11(10)12(16)17-7-18-13)5-8-1-3-9(14-20)4-2-8/h1-4,6-7,14,20H,5H2,(H2,16,17,18). The Morgan fingerprint density at radius 2 is 2.00 bits per heavy atom. The Kier molecular flexibility index (Phi) is 3.11. The summed E-state index contributed by atoms with van der Waals surface area (Å²) in [6.07, 6.45) is 2.69. The van der Waals surface area contributed by atoms with Crippen LogP contribution in [0.15, 0.2) is 36.8 Å². The maximum absolute atomic E-state index is 13.9. The minimum atomic E-state index is -0.426. The molecule has 7 heteroatoms. The summed E-state index contributed by atoms with van der Waals surface area (Å²) in [7, 11) is 0.00508. The van der Waals surface area contributed by atoms with Gasteiger partial charge in [0.1, 0.15) is 17.8 Å². The maximum Gasteiger partial charge on any atom is 0.304 e. The lowest BCUT2D eigenvalue weighted by atomic mass is 9.88. The van der Waals surface area contributed by atoms with Gasteiger partial charge < -0.3 is 15.3 Å². The monoisotopic (exact) mass is 270 g/mol. The molecule has 3 aromatic rings. The average Bonchev–Trinajstić information content (AvgIpc) is 2.77. The number of hydrogen-bond donors (Lipinski definition) is 2. The first-order valence-electron chi connectivity index (χ1n) is 6.12. The SMILES string of the molecule is Nc1ncnc2c1c(F)cn2Cc1ccc(BO)cc1. The molecule has 0 spiro atoms. The fraction of sp³-hybridized carbons (Fsp3) is 0.0769. The van der Waals surface area contributed by atoms with Crippen LogP contribution >= 0.6 is 0 Å². The van der Waals surface area contributed by atoms with Crippen LogP contribution in [0.5, 0.6) is 0 Å². The zero-order chi connectivity index (χ0) is 14.1. The van der Waals surface area contributed by atoms with Gasteiger partial charge in [0.05, 0.1) is 5.39 Å². The molecular formula is C13H12BFN4O. The van der Waals surface area contributed by atoms with Gasteiger partial charge in [0.2, 0.25) is 0 Å². The molecular weight excluding hydrogens is 258 g/mol. The smallest absolute Gasteiger partial charge is 0.304 e. The summed E-state index contributed by atoms with van der Waals surface area (Å²) < 4.78 is 15.6. The van der Waals surface area contributed by atoms with Gasteiger partial charge in [0, 0.05) is 12.7 Å². The molecule has 2 aromatic heterocycles. The number of anilines is 1. The zero-order valence-corrected chi connectivity index (χ0v) is 10.6. The van der Waals surface area contributed by atoms with E-state index < -0.39 is 5.82 Å². The summed E-state index contributed by atoms with van der Waals surface area (Å²) in [6, 6.07) is 7.45. The number of rotatable bonds is 3. The predicted molar refractivity (Wildman–Crippen MR) is 76.4 cm³/mol. The molecule has 0 amide bonds. The first-order chi connectivity index (χ1) is 9.69. The molecule has 2 heterocycles. The van der Waals surface area contributed by atoms with Gasteiger partial charge in [-0.3, -0.25) is 0 Å². The van der Waals surface area contributed by atoms with Crippen LogP contribution in [0.3, 0.4) is 0 Å². The van der Waals surface area contributed by atoms with E-state index in [0.29, 0.717) is 12.2 Å². The zero-order valence-electron chi connectivity index (χ0n) is 10.6. The molecule has 0 radical (unpaired) electrons. The number of benzene rings is 1. The molecule has 0 atom stereocenters. The molecule has 0 saturated carbocycles. The van der Waals surface area contributed by atoms with Crippen molar-refractivity contribution in [2.24, 2.45) is 0 Å². The van der Waals surface area contributed by atoms with Gasteiger partial charge in [-0.2, -0.15) is 0 Å². The summed E-state index contributed by atoms with van der Waals surface area (Å²) in [4.78, 5) is 7.88. The summed E-state index contributed by atoms with van der Waals surface area (Å²) in [5.41, 5.74) is 7.96. The van der Waals surface area contributed by atoms with Gasteiger partial charge in [-0.25, -0.2) is 14.4 Å². The third kappa shape index (κ3) is 2.12. The number of fused-ring (bicyclic) bond motifs is 1. The number of hydrogen-bond acceptors (Lipinski definition) is 4. The number of nitrogens with two attached hydrogens (primary N) is 1. The summed E-state index contributed by atoms with van der Waals surface area (Å²) in [5.74, 6) is -0.285. The molecule has 0 saturated heterocycles. The van der Waals surface area contributed by atoms with Crippen molar-refractivity contribution < 1.29 is 9.41 Å². The first kappa shape index (κ1) is 12.6. The largest absolute Gasteiger partial charge is 0.449 e. The Bertz CT molecular complexity index is 757. The Labute approximate surface area is 115 Å². The van der Waals surface area contributed by atoms with E-state index in [1.807, 2.05) is 24.3 Å². The van der Waals surface area contributed by atoms with E-state index in [1.165, 1.54) is 12.5 Å². The normalized spacial score (nSPS) is 10.9. The molecule has 0 aliphatic heterocycles. The van der Waals surface area contributed by atoms with Gasteiger partial charge in [-0.15, -0.1) is 0 Å². The Balaban J connectivity index is 2.00. The number of halogens is 1. The molecule has 3 N–H and O–H groups in total. The molecule has 0 unspecified atom stereocenters. The van der Waals surface area contributed by atoms with Crippen molar-refractivity contribution in [3.05, 3.63) is 48.2 Å². The molecule has 0 aliphatic carbocycles. The van der Waals surface area contributed by atoms with Crippen LogP contribution in [-0.4, -0.2) is 27.0 Å². The summed E-state index contributed by atoms with van der Waals surface area (Å²) in [5, 5.41) is 9.26. The van der Waals surface area contributed by atoms with E-state index in [9.17, 15) is 4.39 Å². The van der Waals surface area contributed by atoms with E-state index in [-0.39, 0.29) is 18.7 Å². The van der Waals surface area contributed by atoms with Crippen molar-refractivity contribution in [3.8, 4) is 0 Å². The number of nitrogen functional groups attached to an aromatic ring is 1. The van der Waals surface area contributed by atoms with Crippen molar-refractivity contribution >= 4 is 29.8 Å². The lowest BCUT2D eigenvalue weighted by molar-refractivity contribution is 0.615. The highest BCUT2D eigenvalue weighted by Crippen LogP contribution is 2.22. The lowest BCUT2D eigenvalue weighted by Crippen LogP contribution is -2.13. The van der Waals surface area contributed by atoms with Crippen molar-refractivity contribution in [1.29, 1.82) is 0 Å². The second-order valence-electron chi connectivity index (χ2n) is 4.54. The van der Waals surface area contributed by atoms with Crippen LogP contribution in [0.1, 0.15) is 5.56 Å². The molecule has 0 bridgehead atoms. The summed E-state index contributed by atoms with van der Waals surface area (Å²) in [6.45, 7) is 0.475. The van der Waals surface area contributed by atoms with Crippen molar-refractivity contribution in [2.45, 2.75) is 6.54 Å². The number of aromatic nitrogens is 3. The van der Waals surface area contributed by atoms with Gasteiger partial charge >= 0.3 is 7.48 Å². The van der Waals surface area contributed by atoms with Crippen molar-refractivity contribution in [3.63, 3.8) is 0 Å². The van der Waals surface area contributed by atoms with Gasteiger partial charge in [0.25, 0.3) is 0 Å². The fourth-order valence-corrected chi connectivity index (χ4v) is 2.17. The lowest BCUT2D eigenvalue weighted by Gasteiger charge is -2.05. The van der Waals surface area contributed by atoms with Crippen molar-refractivity contribution in [1.82, 2.24) is 14.5 Å². The minimum absolute atomic E-state index is 0.00508. The van der Waals surface area contributed by atoms with Crippen LogP contribution in [-0.2, 0) is 6.54 Å². The Hall–Kier alpha value is -2.41. The van der Waals surface area contributed by atoms with E-state index >= 15 is 0 Å². The molecule has 0 aliphatic rings. The van der Waals surface area contributed by atoms with Gasteiger partial charge in [-0.1, -0.05) is 29.7 Å². The maximum atomic E-state index is 13.9. The highest BCUT2D eigenvalue weighted by Gasteiger charge is 2.13. The fourth-order valence-electron chi connectivity index (χ4n) is 2.17. The molecule has 3 rings (SSSR count). The molecule has 1 aromatic carbocycles. The van der Waals surface area contributed by atoms with Gasteiger partial charge in [-0.05, 0) is 5.56 Å². The highest BCUT2D eigenvalue weighted by molar-refractivity contribution is 6.45. The topological polar surface area (TPSA) is 77.0 Å². The van der Waals surface area contributed by atoms with Crippen LogP contribution in [0.2, 0.25) is 0 Å². The van der Waals surface area contributed by atoms with E-state index in [1.54, 1.807) is 4.57 Å². The molecule has 0 fully saturated rings. The first-order valence-corrected chi connectivity index (χ1v) is 6.12. The predicted octanol–water partition coefficient (Wildman–Crippen LogP) is 0.170. The second-order valence-corrected chi connectivity index (χ2v) is 4.54. The average molecular weight is 270 g/mol. The quantitative estimate of drug-likeness (QED) is 0.665. The second kappa shape index (κ2) is 4.94. The third-order valence-electron chi connectivity index (χ3n) is 3.20. The van der Waals surface area contributed by atoms with Crippen LogP contribution in [0, 0.1) is 5.82 Å². The van der Waals surface area contributed by atoms with Crippen LogP contribution < -0.4 is 11.2 Å². The highest BCUT2D eigenvalue weighted by atomic mass is 19.1. The van der Waals surface area contributed by atoms with E-state index in [0.717, 1.165) is 11.0 Å². The van der Waals surface area contributed by atoms with Crippen LogP contribution in [0.25, 0.3) is 11.0 Å². The van der Waals surface area contributed by atoms with Crippen LogP contribution in [0.4, 0.5) is 10.2 Å².